The van der Waals surface area contributed by atoms with E-state index in [0.29, 0.717) is 16.6 Å². The molecule has 140 valence electrons. The molecule has 1 aliphatic heterocycles. The molecule has 2 aromatic carbocycles. The Morgan fingerprint density at radius 1 is 1.22 bits per heavy atom. The molecule has 27 heavy (non-hydrogen) atoms. The molecule has 0 atom stereocenters. The lowest BCUT2D eigenvalue weighted by Gasteiger charge is -2.15. The van der Waals surface area contributed by atoms with Crippen molar-refractivity contribution in [3.8, 4) is 0 Å². The zero-order valence-corrected chi connectivity index (χ0v) is 15.0. The number of aliphatic imine (C=N–C) groups is 1. The van der Waals surface area contributed by atoms with Crippen molar-refractivity contribution in [2.45, 2.75) is 13.1 Å². The fraction of sp³-hybridized carbons (Fsp3) is 0.167. The third-order valence-electron chi connectivity index (χ3n) is 3.57. The fourth-order valence-corrected chi connectivity index (χ4v) is 3.12. The number of nitrogens with zero attached hydrogens (tertiary/aromatic N) is 2. The predicted molar refractivity (Wildman–Crippen MR) is 101 cm³/mol. The van der Waals surface area contributed by atoms with Gasteiger partial charge in [-0.2, -0.15) is 18.3 Å². The molecule has 0 bridgehead atoms. The average Bonchev–Trinajstić information content (AvgIpc) is 2.62. The summed E-state index contributed by atoms with van der Waals surface area (Å²) in [4.78, 5) is 15.2. The number of thioether (sulfide) groups is 1. The summed E-state index contributed by atoms with van der Waals surface area (Å²) in [7, 11) is 0. The van der Waals surface area contributed by atoms with Crippen LogP contribution in [0.25, 0.3) is 0 Å². The van der Waals surface area contributed by atoms with Crippen molar-refractivity contribution in [1.29, 1.82) is 0 Å². The summed E-state index contributed by atoms with van der Waals surface area (Å²) in [5.41, 5.74) is 4.58. The number of rotatable bonds is 3. The third kappa shape index (κ3) is 5.10. The maximum absolute atomic E-state index is 12.8. The number of hydrazone groups is 1. The second-order valence-corrected chi connectivity index (χ2v) is 6.65. The summed E-state index contributed by atoms with van der Waals surface area (Å²) < 4.78 is 38.3. The summed E-state index contributed by atoms with van der Waals surface area (Å²) in [5, 5.41) is 7.35. The first-order valence-corrected chi connectivity index (χ1v) is 8.89. The van der Waals surface area contributed by atoms with E-state index in [1.54, 1.807) is 12.1 Å². The Balaban J connectivity index is 1.71. The minimum Gasteiger partial charge on any atom is -0.326 e. The van der Waals surface area contributed by atoms with Gasteiger partial charge < -0.3 is 5.32 Å². The van der Waals surface area contributed by atoms with E-state index in [-0.39, 0.29) is 11.6 Å². The summed E-state index contributed by atoms with van der Waals surface area (Å²) in [6, 6.07) is 12.0. The highest BCUT2D eigenvalue weighted by molar-refractivity contribution is 8.14. The van der Waals surface area contributed by atoms with Crippen LogP contribution in [-0.4, -0.2) is 22.5 Å². The van der Waals surface area contributed by atoms with Crippen LogP contribution in [0.3, 0.4) is 0 Å². The number of nitrogens with one attached hydrogen (secondary N) is 2. The van der Waals surface area contributed by atoms with Gasteiger partial charge in [-0.1, -0.05) is 30.0 Å². The molecule has 3 rings (SSSR count). The van der Waals surface area contributed by atoms with Gasteiger partial charge in [0.05, 0.1) is 17.0 Å². The first kappa shape index (κ1) is 19.0. The SMILES string of the molecule is CC(=O)Nc1ccc(C2=NNC(=Nc3cccc(C(F)(F)F)c3)SC2)cc1. The van der Waals surface area contributed by atoms with Crippen molar-refractivity contribution in [2.75, 3.05) is 11.1 Å². The molecule has 5 nitrogen and oxygen atoms in total. The number of amides is 1. The molecule has 0 radical (unpaired) electrons. The lowest BCUT2D eigenvalue weighted by atomic mass is 10.1. The van der Waals surface area contributed by atoms with E-state index in [2.05, 4.69) is 20.8 Å². The number of alkyl halides is 3. The Morgan fingerprint density at radius 3 is 2.56 bits per heavy atom. The van der Waals surface area contributed by atoms with Crippen LogP contribution in [0.2, 0.25) is 0 Å². The molecule has 0 spiro atoms. The lowest BCUT2D eigenvalue weighted by Crippen LogP contribution is -2.25. The van der Waals surface area contributed by atoms with E-state index in [0.717, 1.165) is 23.4 Å². The summed E-state index contributed by atoms with van der Waals surface area (Å²) in [5.74, 6) is 0.370. The standard InChI is InChI=1S/C18H15F3N4OS/c1-11(26)22-14-7-5-12(6-8-14)16-10-27-17(25-24-16)23-15-4-2-3-13(9-15)18(19,20)21/h2-9H,10H2,1H3,(H,22,26)(H,23,25). The molecular formula is C18H15F3N4OS. The number of carbonyl (C=O) groups is 1. The van der Waals surface area contributed by atoms with Crippen LogP contribution in [0.4, 0.5) is 24.5 Å². The first-order valence-electron chi connectivity index (χ1n) is 7.90. The minimum absolute atomic E-state index is 0.148. The quantitative estimate of drug-likeness (QED) is 0.814. The van der Waals surface area contributed by atoms with Crippen LogP contribution in [0, 0.1) is 0 Å². The van der Waals surface area contributed by atoms with Crippen molar-refractivity contribution >= 4 is 39.9 Å². The number of amidine groups is 1. The van der Waals surface area contributed by atoms with Crippen molar-refractivity contribution in [1.82, 2.24) is 5.43 Å². The number of halogens is 3. The molecule has 0 aromatic heterocycles. The van der Waals surface area contributed by atoms with Crippen LogP contribution in [-0.2, 0) is 11.0 Å². The molecular weight excluding hydrogens is 377 g/mol. The number of carbonyl (C=O) groups excluding carboxylic acids is 1. The molecule has 0 saturated heterocycles. The number of hydrogen-bond acceptors (Lipinski definition) is 4. The highest BCUT2D eigenvalue weighted by atomic mass is 32.2. The van der Waals surface area contributed by atoms with Gasteiger partial charge in [0.2, 0.25) is 5.91 Å². The van der Waals surface area contributed by atoms with E-state index in [1.807, 2.05) is 12.1 Å². The van der Waals surface area contributed by atoms with Gasteiger partial charge in [0.15, 0.2) is 5.17 Å². The highest BCUT2D eigenvalue weighted by Gasteiger charge is 2.30. The van der Waals surface area contributed by atoms with Gasteiger partial charge in [-0.25, -0.2) is 4.99 Å². The zero-order valence-electron chi connectivity index (χ0n) is 14.2. The molecule has 1 heterocycles. The van der Waals surface area contributed by atoms with Crippen LogP contribution in [0.15, 0.2) is 58.6 Å². The Bertz CT molecular complexity index is 908. The van der Waals surface area contributed by atoms with Crippen molar-refractivity contribution in [3.05, 3.63) is 59.7 Å². The fourth-order valence-electron chi connectivity index (χ4n) is 2.34. The van der Waals surface area contributed by atoms with Crippen LogP contribution in [0.1, 0.15) is 18.1 Å². The molecule has 2 N–H and O–H groups in total. The number of benzene rings is 2. The predicted octanol–water partition coefficient (Wildman–Crippen LogP) is 4.39. The van der Waals surface area contributed by atoms with E-state index >= 15 is 0 Å². The van der Waals surface area contributed by atoms with Crippen molar-refractivity contribution in [2.24, 2.45) is 10.1 Å². The Morgan fingerprint density at radius 2 is 1.96 bits per heavy atom. The van der Waals surface area contributed by atoms with Gasteiger partial charge in [-0.15, -0.1) is 0 Å². The first-order chi connectivity index (χ1) is 12.8. The third-order valence-corrected chi connectivity index (χ3v) is 4.45. The van der Waals surface area contributed by atoms with E-state index in [4.69, 9.17) is 0 Å². The van der Waals surface area contributed by atoms with Crippen LogP contribution < -0.4 is 10.7 Å². The molecule has 0 unspecified atom stereocenters. The smallest absolute Gasteiger partial charge is 0.326 e. The van der Waals surface area contributed by atoms with Crippen LogP contribution >= 0.6 is 11.8 Å². The van der Waals surface area contributed by atoms with Crippen molar-refractivity contribution in [3.63, 3.8) is 0 Å². The lowest BCUT2D eigenvalue weighted by molar-refractivity contribution is -0.137. The molecule has 9 heteroatoms. The minimum atomic E-state index is -4.40. The number of hydrogen-bond donors (Lipinski definition) is 2. The topological polar surface area (TPSA) is 65.8 Å². The number of anilines is 1. The molecule has 0 saturated carbocycles. The maximum atomic E-state index is 12.8. The van der Waals surface area contributed by atoms with Gasteiger partial charge >= 0.3 is 6.18 Å². The Labute approximate surface area is 157 Å². The summed E-state index contributed by atoms with van der Waals surface area (Å²) >= 11 is 1.35. The zero-order chi connectivity index (χ0) is 19.4. The van der Waals surface area contributed by atoms with Gasteiger partial charge in [0.25, 0.3) is 0 Å². The van der Waals surface area contributed by atoms with E-state index in [1.165, 1.54) is 30.8 Å². The van der Waals surface area contributed by atoms with Crippen molar-refractivity contribution < 1.29 is 18.0 Å². The van der Waals surface area contributed by atoms with Gasteiger partial charge in [-0.3, -0.25) is 10.2 Å². The second kappa shape index (κ2) is 7.83. The average molecular weight is 392 g/mol. The molecule has 0 fully saturated rings. The Hall–Kier alpha value is -2.81. The second-order valence-electron chi connectivity index (χ2n) is 5.68. The summed E-state index contributed by atoms with van der Waals surface area (Å²) in [6.07, 6.45) is -4.40. The highest BCUT2D eigenvalue weighted by Crippen LogP contribution is 2.31. The Kier molecular flexibility index (Phi) is 5.50. The largest absolute Gasteiger partial charge is 0.416 e. The maximum Gasteiger partial charge on any atom is 0.416 e. The molecule has 2 aromatic rings. The molecule has 1 aliphatic rings. The normalized spacial score (nSPS) is 15.9. The van der Waals surface area contributed by atoms with Gasteiger partial charge in [0, 0.05) is 18.4 Å². The monoisotopic (exact) mass is 392 g/mol. The molecule has 1 amide bonds. The van der Waals surface area contributed by atoms with E-state index in [9.17, 15) is 18.0 Å². The van der Waals surface area contributed by atoms with Gasteiger partial charge in [0.1, 0.15) is 0 Å². The summed E-state index contributed by atoms with van der Waals surface area (Å²) in [6.45, 7) is 1.44. The van der Waals surface area contributed by atoms with E-state index < -0.39 is 11.7 Å². The van der Waals surface area contributed by atoms with Crippen LogP contribution in [0.5, 0.6) is 0 Å². The van der Waals surface area contributed by atoms with Gasteiger partial charge in [-0.05, 0) is 35.9 Å². The molecule has 0 aliphatic carbocycles.